The summed E-state index contributed by atoms with van der Waals surface area (Å²) in [5.74, 6) is -0.280. The fourth-order valence-corrected chi connectivity index (χ4v) is 3.10. The zero-order valence-electron chi connectivity index (χ0n) is 15.6. The van der Waals surface area contributed by atoms with Crippen molar-refractivity contribution in [2.45, 2.75) is 45.1 Å². The van der Waals surface area contributed by atoms with Crippen molar-refractivity contribution in [1.82, 2.24) is 9.88 Å². The van der Waals surface area contributed by atoms with Crippen LogP contribution in [0.3, 0.4) is 0 Å². The SMILES string of the molecule is CC(OCCC(F)(F)F)/C(=C\C=C/N)C(C)N1Cc2c(ccnc2C=O)C1=O. The molecule has 1 amide bonds. The lowest BCUT2D eigenvalue weighted by Crippen LogP contribution is -2.38. The van der Waals surface area contributed by atoms with E-state index in [1.165, 1.54) is 23.4 Å². The summed E-state index contributed by atoms with van der Waals surface area (Å²) in [5.41, 5.74) is 7.09. The Kier molecular flexibility index (Phi) is 6.95. The molecule has 1 aromatic heterocycles. The minimum absolute atomic E-state index is 0.177. The standard InChI is InChI=1S/C19H22F3N3O3/c1-12(14(4-3-7-23)13(2)28-9-6-19(20,21)22)25-10-16-15(18(25)27)5-8-24-17(16)11-26/h3-5,7-8,11-13H,6,9-10,23H2,1-2H3/b7-3-,14-4-. The molecule has 2 unspecified atom stereocenters. The largest absolute Gasteiger partial charge is 0.405 e. The van der Waals surface area contributed by atoms with Crippen LogP contribution in [-0.2, 0) is 11.3 Å². The Morgan fingerprint density at radius 2 is 2.14 bits per heavy atom. The van der Waals surface area contributed by atoms with Gasteiger partial charge in [0.05, 0.1) is 25.2 Å². The molecule has 0 fully saturated rings. The summed E-state index contributed by atoms with van der Waals surface area (Å²) in [6, 6.07) is 1.06. The van der Waals surface area contributed by atoms with Crippen molar-refractivity contribution in [2.24, 2.45) is 5.73 Å². The fraction of sp³-hybridized carbons (Fsp3) is 0.421. The first-order valence-electron chi connectivity index (χ1n) is 8.70. The smallest absolute Gasteiger partial charge is 0.391 e. The molecule has 0 saturated heterocycles. The lowest BCUT2D eigenvalue weighted by molar-refractivity contribution is -0.147. The normalized spacial score (nSPS) is 17.1. The molecule has 2 heterocycles. The van der Waals surface area contributed by atoms with Crippen LogP contribution in [0, 0.1) is 0 Å². The van der Waals surface area contributed by atoms with E-state index in [4.69, 9.17) is 10.5 Å². The highest BCUT2D eigenvalue weighted by Gasteiger charge is 2.35. The average molecular weight is 397 g/mol. The Morgan fingerprint density at radius 3 is 2.75 bits per heavy atom. The van der Waals surface area contributed by atoms with Crippen molar-refractivity contribution in [3.05, 3.63) is 53.0 Å². The quantitative estimate of drug-likeness (QED) is 0.538. The Balaban J connectivity index is 2.21. The number of carbonyl (C=O) groups is 2. The zero-order valence-corrected chi connectivity index (χ0v) is 15.6. The molecule has 0 bridgehead atoms. The maximum Gasteiger partial charge on any atom is 0.391 e. The van der Waals surface area contributed by atoms with Gasteiger partial charge in [-0.1, -0.05) is 6.08 Å². The number of carbonyl (C=O) groups excluding carboxylic acids is 2. The molecular formula is C19H22F3N3O3. The van der Waals surface area contributed by atoms with Crippen LogP contribution in [0.15, 0.2) is 36.2 Å². The molecule has 0 spiro atoms. The maximum absolute atomic E-state index is 12.8. The predicted molar refractivity (Wildman–Crippen MR) is 96.5 cm³/mol. The molecule has 1 aromatic rings. The van der Waals surface area contributed by atoms with Gasteiger partial charge in [-0.3, -0.25) is 14.6 Å². The highest BCUT2D eigenvalue weighted by Crippen LogP contribution is 2.29. The van der Waals surface area contributed by atoms with Crippen LogP contribution in [0.1, 0.15) is 46.7 Å². The third kappa shape index (κ3) is 4.98. The first kappa shape index (κ1) is 21.6. The molecule has 152 valence electrons. The number of fused-ring (bicyclic) bond motifs is 1. The molecule has 9 heteroatoms. The Bertz CT molecular complexity index is 790. The Morgan fingerprint density at radius 1 is 1.43 bits per heavy atom. The average Bonchev–Trinajstić information content (AvgIpc) is 2.97. The molecule has 2 rings (SSSR count). The molecule has 0 saturated carbocycles. The van der Waals surface area contributed by atoms with Crippen LogP contribution in [0.4, 0.5) is 13.2 Å². The van der Waals surface area contributed by atoms with Crippen LogP contribution in [0.2, 0.25) is 0 Å². The van der Waals surface area contributed by atoms with E-state index in [2.05, 4.69) is 4.98 Å². The summed E-state index contributed by atoms with van der Waals surface area (Å²) in [7, 11) is 0. The molecule has 0 radical (unpaired) electrons. The van der Waals surface area contributed by atoms with Gasteiger partial charge in [0.1, 0.15) is 5.69 Å². The number of hydrogen-bond donors (Lipinski definition) is 1. The number of nitrogens with zero attached hydrogens (tertiary/aromatic N) is 2. The molecule has 6 nitrogen and oxygen atoms in total. The minimum atomic E-state index is -4.31. The van der Waals surface area contributed by atoms with Gasteiger partial charge in [-0.25, -0.2) is 0 Å². The van der Waals surface area contributed by atoms with Crippen LogP contribution >= 0.6 is 0 Å². The number of hydrogen-bond acceptors (Lipinski definition) is 5. The fourth-order valence-electron chi connectivity index (χ4n) is 3.10. The van der Waals surface area contributed by atoms with Crippen molar-refractivity contribution >= 4 is 12.2 Å². The summed E-state index contributed by atoms with van der Waals surface area (Å²) in [6.45, 7) is 3.05. The number of halogens is 3. The van der Waals surface area contributed by atoms with E-state index >= 15 is 0 Å². The number of rotatable bonds is 8. The van der Waals surface area contributed by atoms with E-state index in [0.717, 1.165) is 0 Å². The summed E-state index contributed by atoms with van der Waals surface area (Å²) in [6.07, 6.45) is 0.381. The molecule has 0 aliphatic carbocycles. The molecular weight excluding hydrogens is 375 g/mol. The topological polar surface area (TPSA) is 85.5 Å². The van der Waals surface area contributed by atoms with Crippen molar-refractivity contribution in [3.63, 3.8) is 0 Å². The number of aromatic nitrogens is 1. The second-order valence-corrected chi connectivity index (χ2v) is 6.38. The molecule has 1 aliphatic heterocycles. The van der Waals surface area contributed by atoms with Crippen molar-refractivity contribution in [3.8, 4) is 0 Å². The summed E-state index contributed by atoms with van der Waals surface area (Å²) >= 11 is 0. The lowest BCUT2D eigenvalue weighted by atomic mass is 10.0. The molecule has 28 heavy (non-hydrogen) atoms. The van der Waals surface area contributed by atoms with Gasteiger partial charge in [0, 0.05) is 23.9 Å². The summed E-state index contributed by atoms with van der Waals surface area (Å²) in [5, 5.41) is 0. The van der Waals surface area contributed by atoms with E-state index in [1.807, 2.05) is 0 Å². The molecule has 0 aromatic carbocycles. The number of allylic oxidation sites excluding steroid dienone is 2. The summed E-state index contributed by atoms with van der Waals surface area (Å²) < 4.78 is 42.5. The van der Waals surface area contributed by atoms with Crippen LogP contribution in [0.25, 0.3) is 0 Å². The van der Waals surface area contributed by atoms with E-state index in [-0.39, 0.29) is 18.1 Å². The van der Waals surface area contributed by atoms with E-state index < -0.39 is 31.3 Å². The first-order chi connectivity index (χ1) is 13.2. The van der Waals surface area contributed by atoms with Crippen molar-refractivity contribution < 1.29 is 27.5 Å². The minimum Gasteiger partial charge on any atom is -0.405 e. The zero-order chi connectivity index (χ0) is 20.9. The van der Waals surface area contributed by atoms with Crippen molar-refractivity contribution in [1.29, 1.82) is 0 Å². The number of amides is 1. The molecule has 1 aliphatic rings. The number of pyridine rings is 1. The third-order valence-corrected chi connectivity index (χ3v) is 4.59. The van der Waals surface area contributed by atoms with Gasteiger partial charge in [-0.05, 0) is 37.8 Å². The third-order valence-electron chi connectivity index (χ3n) is 4.59. The lowest BCUT2D eigenvalue weighted by Gasteiger charge is -2.30. The molecule has 2 atom stereocenters. The van der Waals surface area contributed by atoms with Crippen LogP contribution in [-0.4, -0.2) is 47.0 Å². The van der Waals surface area contributed by atoms with E-state index in [0.29, 0.717) is 23.0 Å². The molecule has 2 N–H and O–H groups in total. The number of nitrogens with two attached hydrogens (primary N) is 1. The second-order valence-electron chi connectivity index (χ2n) is 6.38. The number of aldehydes is 1. The highest BCUT2D eigenvalue weighted by molar-refractivity contribution is 6.00. The van der Waals surface area contributed by atoms with Crippen LogP contribution < -0.4 is 5.73 Å². The van der Waals surface area contributed by atoms with Gasteiger partial charge in [0.25, 0.3) is 5.91 Å². The number of ether oxygens (including phenoxy) is 1. The Labute approximate surface area is 160 Å². The van der Waals surface area contributed by atoms with Gasteiger partial charge >= 0.3 is 6.18 Å². The predicted octanol–water partition coefficient (Wildman–Crippen LogP) is 2.99. The number of alkyl halides is 3. The maximum atomic E-state index is 12.8. The van der Waals surface area contributed by atoms with E-state index in [9.17, 15) is 22.8 Å². The van der Waals surface area contributed by atoms with Crippen molar-refractivity contribution in [2.75, 3.05) is 6.61 Å². The highest BCUT2D eigenvalue weighted by atomic mass is 19.4. The summed E-state index contributed by atoms with van der Waals surface area (Å²) in [4.78, 5) is 29.5. The van der Waals surface area contributed by atoms with Gasteiger partial charge in [-0.2, -0.15) is 13.2 Å². The van der Waals surface area contributed by atoms with Gasteiger partial charge in [-0.15, -0.1) is 0 Å². The van der Waals surface area contributed by atoms with Gasteiger partial charge < -0.3 is 15.4 Å². The van der Waals surface area contributed by atoms with Crippen LogP contribution in [0.5, 0.6) is 0 Å². The first-order valence-corrected chi connectivity index (χ1v) is 8.70. The monoisotopic (exact) mass is 397 g/mol. The van der Waals surface area contributed by atoms with E-state index in [1.54, 1.807) is 26.0 Å². The van der Waals surface area contributed by atoms with Gasteiger partial charge in [0.15, 0.2) is 6.29 Å². The second kappa shape index (κ2) is 9.01. The Hall–Kier alpha value is -2.68. The van der Waals surface area contributed by atoms with Gasteiger partial charge in [0.2, 0.25) is 0 Å².